The number of rotatable bonds is 6. The lowest BCUT2D eigenvalue weighted by molar-refractivity contribution is 0.0985. The number of thioether (sulfide) groups is 1. The van der Waals surface area contributed by atoms with E-state index in [0.29, 0.717) is 6.42 Å². The van der Waals surface area contributed by atoms with Crippen LogP contribution in [-0.2, 0) is 5.75 Å². The van der Waals surface area contributed by atoms with Crippen molar-refractivity contribution in [1.29, 1.82) is 0 Å². The van der Waals surface area contributed by atoms with Crippen LogP contribution in [-0.4, -0.2) is 12.9 Å². The van der Waals surface area contributed by atoms with Crippen LogP contribution >= 0.6 is 11.8 Å². The molecule has 0 spiro atoms. The average molecular weight is 286 g/mol. The van der Waals surface area contributed by atoms with Gasteiger partial charge in [0.1, 0.15) is 5.75 Å². The molecule has 0 aliphatic carbocycles. The third kappa shape index (κ3) is 3.64. The lowest BCUT2D eigenvalue weighted by Gasteiger charge is -2.10. The molecule has 0 atom stereocenters. The summed E-state index contributed by atoms with van der Waals surface area (Å²) in [5, 5.41) is 0. The van der Waals surface area contributed by atoms with E-state index in [4.69, 9.17) is 4.74 Å². The maximum Gasteiger partial charge on any atom is 0.163 e. The second kappa shape index (κ2) is 7.15. The summed E-state index contributed by atoms with van der Waals surface area (Å²) in [7, 11) is 1.64. The van der Waals surface area contributed by atoms with Gasteiger partial charge in [0, 0.05) is 22.6 Å². The van der Waals surface area contributed by atoms with E-state index in [1.807, 2.05) is 43.3 Å². The normalized spacial score (nSPS) is 10.3. The average Bonchev–Trinajstić information content (AvgIpc) is 2.52. The van der Waals surface area contributed by atoms with E-state index in [9.17, 15) is 4.79 Å². The monoisotopic (exact) mass is 286 g/mol. The first kappa shape index (κ1) is 14.7. The van der Waals surface area contributed by atoms with E-state index >= 15 is 0 Å². The summed E-state index contributed by atoms with van der Waals surface area (Å²) in [6.45, 7) is 1.89. The Labute approximate surface area is 124 Å². The molecular formula is C17H18O2S. The summed E-state index contributed by atoms with van der Waals surface area (Å²) in [6.07, 6.45) is 0.519. The fraction of sp³-hybridized carbons (Fsp3) is 0.235. The minimum absolute atomic E-state index is 0.170. The Kier molecular flexibility index (Phi) is 5.24. The summed E-state index contributed by atoms with van der Waals surface area (Å²) in [4.78, 5) is 13.0. The van der Waals surface area contributed by atoms with E-state index in [1.54, 1.807) is 18.9 Å². The topological polar surface area (TPSA) is 26.3 Å². The molecule has 2 aromatic rings. The molecule has 0 aromatic heterocycles. The number of Topliss-reactive ketones (excluding diaryl/α,β-unsaturated/α-hetero) is 1. The number of hydrogen-bond donors (Lipinski definition) is 0. The standard InChI is InChI=1S/C17H18O2S/c1-3-16(18)15-10-9-14(19-2)11-17(15)20-12-13-7-5-4-6-8-13/h4-11H,3,12H2,1-2H3. The largest absolute Gasteiger partial charge is 0.497 e. The fourth-order valence-corrected chi connectivity index (χ4v) is 2.96. The predicted molar refractivity (Wildman–Crippen MR) is 83.6 cm³/mol. The molecule has 0 radical (unpaired) electrons. The number of hydrogen-bond acceptors (Lipinski definition) is 3. The van der Waals surface area contributed by atoms with Gasteiger partial charge in [-0.1, -0.05) is 37.3 Å². The minimum atomic E-state index is 0.170. The summed E-state index contributed by atoms with van der Waals surface area (Å²) in [6, 6.07) is 15.9. The Bertz CT molecular complexity index is 579. The van der Waals surface area contributed by atoms with Crippen LogP contribution in [0.4, 0.5) is 0 Å². The van der Waals surface area contributed by atoms with Crippen LogP contribution < -0.4 is 4.74 Å². The quantitative estimate of drug-likeness (QED) is 0.574. The zero-order chi connectivity index (χ0) is 14.4. The van der Waals surface area contributed by atoms with Gasteiger partial charge in [0.15, 0.2) is 5.78 Å². The third-order valence-electron chi connectivity index (χ3n) is 3.05. The highest BCUT2D eigenvalue weighted by Crippen LogP contribution is 2.30. The van der Waals surface area contributed by atoms with Crippen LogP contribution in [0.2, 0.25) is 0 Å². The highest BCUT2D eigenvalue weighted by molar-refractivity contribution is 7.98. The van der Waals surface area contributed by atoms with E-state index in [0.717, 1.165) is 22.0 Å². The van der Waals surface area contributed by atoms with Crippen molar-refractivity contribution in [3.05, 3.63) is 59.7 Å². The van der Waals surface area contributed by atoms with E-state index in [2.05, 4.69) is 12.1 Å². The van der Waals surface area contributed by atoms with Crippen LogP contribution in [0.25, 0.3) is 0 Å². The summed E-state index contributed by atoms with van der Waals surface area (Å²) in [5.74, 6) is 1.80. The van der Waals surface area contributed by atoms with Crippen molar-refractivity contribution in [1.82, 2.24) is 0 Å². The Hall–Kier alpha value is -1.74. The van der Waals surface area contributed by atoms with Crippen LogP contribution in [0.3, 0.4) is 0 Å². The molecule has 104 valence electrons. The van der Waals surface area contributed by atoms with E-state index in [1.165, 1.54) is 5.56 Å². The molecular weight excluding hydrogens is 268 g/mol. The van der Waals surface area contributed by atoms with Crippen molar-refractivity contribution in [3.8, 4) is 5.75 Å². The van der Waals surface area contributed by atoms with Gasteiger partial charge in [-0.25, -0.2) is 0 Å². The maximum absolute atomic E-state index is 12.0. The maximum atomic E-state index is 12.0. The van der Waals surface area contributed by atoms with Crippen molar-refractivity contribution in [2.75, 3.05) is 7.11 Å². The SMILES string of the molecule is CCC(=O)c1ccc(OC)cc1SCc1ccccc1. The van der Waals surface area contributed by atoms with Crippen LogP contribution in [0.15, 0.2) is 53.4 Å². The third-order valence-corrected chi connectivity index (χ3v) is 4.17. The van der Waals surface area contributed by atoms with Gasteiger partial charge in [0.25, 0.3) is 0 Å². The number of ether oxygens (including phenoxy) is 1. The number of benzene rings is 2. The first-order chi connectivity index (χ1) is 9.74. The van der Waals surface area contributed by atoms with Crippen molar-refractivity contribution in [2.45, 2.75) is 24.0 Å². The molecule has 0 fully saturated rings. The summed E-state index contributed by atoms with van der Waals surface area (Å²) >= 11 is 1.67. The molecule has 0 heterocycles. The van der Waals surface area contributed by atoms with Crippen LogP contribution in [0.1, 0.15) is 29.3 Å². The lowest BCUT2D eigenvalue weighted by Crippen LogP contribution is -1.99. The molecule has 0 unspecified atom stereocenters. The van der Waals surface area contributed by atoms with Gasteiger partial charge in [-0.2, -0.15) is 0 Å². The number of carbonyl (C=O) groups excluding carboxylic acids is 1. The van der Waals surface area contributed by atoms with E-state index < -0.39 is 0 Å². The van der Waals surface area contributed by atoms with Crippen molar-refractivity contribution in [2.24, 2.45) is 0 Å². The Balaban J connectivity index is 2.21. The molecule has 3 heteroatoms. The molecule has 0 aliphatic rings. The number of carbonyl (C=O) groups is 1. The fourth-order valence-electron chi connectivity index (χ4n) is 1.91. The predicted octanol–water partition coefficient (Wildman–Crippen LogP) is 4.58. The van der Waals surface area contributed by atoms with Gasteiger partial charge in [-0.3, -0.25) is 4.79 Å². The van der Waals surface area contributed by atoms with Gasteiger partial charge in [-0.05, 0) is 23.8 Å². The molecule has 2 nitrogen and oxygen atoms in total. The Morgan fingerprint density at radius 3 is 2.55 bits per heavy atom. The minimum Gasteiger partial charge on any atom is -0.497 e. The Morgan fingerprint density at radius 2 is 1.90 bits per heavy atom. The second-order valence-corrected chi connectivity index (χ2v) is 5.43. The van der Waals surface area contributed by atoms with Crippen molar-refractivity contribution >= 4 is 17.5 Å². The summed E-state index contributed by atoms with van der Waals surface area (Å²) < 4.78 is 5.25. The first-order valence-electron chi connectivity index (χ1n) is 6.62. The van der Waals surface area contributed by atoms with Gasteiger partial charge in [0.2, 0.25) is 0 Å². The van der Waals surface area contributed by atoms with Gasteiger partial charge < -0.3 is 4.74 Å². The summed E-state index contributed by atoms with van der Waals surface area (Å²) in [5.41, 5.74) is 2.03. The second-order valence-electron chi connectivity index (χ2n) is 4.41. The van der Waals surface area contributed by atoms with Gasteiger partial charge in [0.05, 0.1) is 7.11 Å². The number of ketones is 1. The zero-order valence-electron chi connectivity index (χ0n) is 11.8. The van der Waals surface area contributed by atoms with Crippen molar-refractivity contribution < 1.29 is 9.53 Å². The van der Waals surface area contributed by atoms with Gasteiger partial charge >= 0.3 is 0 Å². The van der Waals surface area contributed by atoms with E-state index in [-0.39, 0.29) is 5.78 Å². The molecule has 2 rings (SSSR count). The molecule has 20 heavy (non-hydrogen) atoms. The lowest BCUT2D eigenvalue weighted by atomic mass is 10.1. The first-order valence-corrected chi connectivity index (χ1v) is 7.61. The van der Waals surface area contributed by atoms with Gasteiger partial charge in [-0.15, -0.1) is 11.8 Å². The molecule has 0 saturated heterocycles. The van der Waals surface area contributed by atoms with Crippen LogP contribution in [0.5, 0.6) is 5.75 Å². The molecule has 0 N–H and O–H groups in total. The molecule has 0 saturated carbocycles. The molecule has 0 amide bonds. The smallest absolute Gasteiger partial charge is 0.163 e. The van der Waals surface area contributed by atoms with Crippen LogP contribution in [0, 0.1) is 0 Å². The Morgan fingerprint density at radius 1 is 1.15 bits per heavy atom. The highest BCUT2D eigenvalue weighted by Gasteiger charge is 2.11. The molecule has 0 aliphatic heterocycles. The molecule has 0 bridgehead atoms. The number of methoxy groups -OCH3 is 1. The molecule has 2 aromatic carbocycles. The highest BCUT2D eigenvalue weighted by atomic mass is 32.2. The zero-order valence-corrected chi connectivity index (χ0v) is 12.6. The van der Waals surface area contributed by atoms with Crippen molar-refractivity contribution in [3.63, 3.8) is 0 Å².